The van der Waals surface area contributed by atoms with Crippen molar-refractivity contribution in [3.63, 3.8) is 0 Å². The molecular formula is C30H40N2. The number of rotatable bonds is 1. The molecule has 0 unspecified atom stereocenters. The van der Waals surface area contributed by atoms with Crippen molar-refractivity contribution in [3.8, 4) is 0 Å². The highest BCUT2D eigenvalue weighted by Crippen LogP contribution is 2.42. The molecule has 0 N–H and O–H groups in total. The molecule has 2 aromatic carbocycles. The SMILES string of the molecule is CC(C)c1cc(C(C)(C)C)cc2c(C(C)(C)C)cc3c(nc4ccc(C(C)(C)C)cn43)c12. The first kappa shape index (κ1) is 22.8. The third-order valence-corrected chi connectivity index (χ3v) is 6.79. The molecule has 170 valence electrons. The molecule has 2 nitrogen and oxygen atoms in total. The van der Waals surface area contributed by atoms with Gasteiger partial charge in [0, 0.05) is 11.6 Å². The zero-order chi connectivity index (χ0) is 23.8. The molecule has 2 aromatic heterocycles. The van der Waals surface area contributed by atoms with E-state index in [1.54, 1.807) is 0 Å². The van der Waals surface area contributed by atoms with Crippen LogP contribution in [0.5, 0.6) is 0 Å². The van der Waals surface area contributed by atoms with Crippen LogP contribution in [0.25, 0.3) is 27.5 Å². The van der Waals surface area contributed by atoms with Gasteiger partial charge in [-0.2, -0.15) is 0 Å². The van der Waals surface area contributed by atoms with E-state index in [9.17, 15) is 0 Å². The van der Waals surface area contributed by atoms with Gasteiger partial charge in [0.25, 0.3) is 0 Å². The Balaban J connectivity index is 2.26. The number of nitrogens with zero attached hydrogens (tertiary/aromatic N) is 2. The van der Waals surface area contributed by atoms with Crippen molar-refractivity contribution in [2.45, 2.75) is 98.3 Å². The largest absolute Gasteiger partial charge is 0.299 e. The van der Waals surface area contributed by atoms with E-state index in [1.807, 2.05) is 0 Å². The monoisotopic (exact) mass is 428 g/mol. The molecule has 0 saturated carbocycles. The molecule has 32 heavy (non-hydrogen) atoms. The van der Waals surface area contributed by atoms with Crippen molar-refractivity contribution < 1.29 is 0 Å². The van der Waals surface area contributed by atoms with Crippen LogP contribution >= 0.6 is 0 Å². The van der Waals surface area contributed by atoms with Crippen LogP contribution in [-0.4, -0.2) is 9.38 Å². The van der Waals surface area contributed by atoms with E-state index < -0.39 is 0 Å². The number of pyridine rings is 1. The molecule has 0 bridgehead atoms. The minimum absolute atomic E-state index is 0.0307. The molecule has 2 heteroatoms. The zero-order valence-corrected chi connectivity index (χ0v) is 21.9. The van der Waals surface area contributed by atoms with Gasteiger partial charge in [0.1, 0.15) is 5.65 Å². The highest BCUT2D eigenvalue weighted by molar-refractivity contribution is 6.10. The summed E-state index contributed by atoms with van der Waals surface area (Å²) < 4.78 is 2.31. The summed E-state index contributed by atoms with van der Waals surface area (Å²) >= 11 is 0. The molecule has 2 heterocycles. The lowest BCUT2D eigenvalue weighted by Gasteiger charge is -2.27. The number of aromatic nitrogens is 2. The fraction of sp³-hybridized carbons (Fsp3) is 0.500. The predicted octanol–water partition coefficient (Wildman–Crippen LogP) is 8.66. The summed E-state index contributed by atoms with van der Waals surface area (Å²) in [5.74, 6) is 0.424. The predicted molar refractivity (Wildman–Crippen MR) is 140 cm³/mol. The zero-order valence-electron chi connectivity index (χ0n) is 21.9. The van der Waals surface area contributed by atoms with E-state index in [1.165, 1.54) is 38.5 Å². The van der Waals surface area contributed by atoms with Gasteiger partial charge in [-0.15, -0.1) is 0 Å². The molecular weight excluding hydrogens is 388 g/mol. The minimum Gasteiger partial charge on any atom is -0.299 e. The fourth-order valence-corrected chi connectivity index (χ4v) is 4.69. The van der Waals surface area contributed by atoms with Crippen LogP contribution in [0.3, 0.4) is 0 Å². The fourth-order valence-electron chi connectivity index (χ4n) is 4.69. The lowest BCUT2D eigenvalue weighted by molar-refractivity contribution is 0.586. The normalized spacial score (nSPS) is 13.8. The Morgan fingerprint density at radius 2 is 1.38 bits per heavy atom. The van der Waals surface area contributed by atoms with Gasteiger partial charge in [0.05, 0.1) is 11.0 Å². The maximum atomic E-state index is 5.19. The summed E-state index contributed by atoms with van der Waals surface area (Å²) in [6.45, 7) is 25.4. The van der Waals surface area contributed by atoms with E-state index in [0.29, 0.717) is 5.92 Å². The third-order valence-electron chi connectivity index (χ3n) is 6.79. The quantitative estimate of drug-likeness (QED) is 0.296. The van der Waals surface area contributed by atoms with Gasteiger partial charge in [0.2, 0.25) is 0 Å². The number of fused-ring (bicyclic) bond motifs is 5. The molecule has 0 radical (unpaired) electrons. The van der Waals surface area contributed by atoms with Gasteiger partial charge in [-0.1, -0.05) is 94.4 Å². The molecule has 0 spiro atoms. The lowest BCUT2D eigenvalue weighted by Crippen LogP contribution is -2.15. The highest BCUT2D eigenvalue weighted by atomic mass is 15.0. The average molecular weight is 429 g/mol. The van der Waals surface area contributed by atoms with Crippen LogP contribution < -0.4 is 0 Å². The molecule has 4 aromatic rings. The van der Waals surface area contributed by atoms with E-state index in [2.05, 4.69) is 117 Å². The summed E-state index contributed by atoms with van der Waals surface area (Å²) in [7, 11) is 0. The molecule has 0 amide bonds. The third kappa shape index (κ3) is 3.72. The number of hydrogen-bond donors (Lipinski definition) is 0. The van der Waals surface area contributed by atoms with Crippen molar-refractivity contribution in [1.29, 1.82) is 0 Å². The molecule has 0 aliphatic heterocycles. The topological polar surface area (TPSA) is 17.3 Å². The number of hydrogen-bond acceptors (Lipinski definition) is 1. The summed E-state index contributed by atoms with van der Waals surface area (Å²) in [6.07, 6.45) is 2.29. The standard InChI is InChI=1S/C30H40N2/c1-18(2)21-14-20(29(6,7)8)15-22-23(30(9,10)11)16-24-27(26(21)22)31-25-13-12-19(17-32(24)25)28(3,4)5/h12-18H,1-11H3. The summed E-state index contributed by atoms with van der Waals surface area (Å²) in [6, 6.07) is 11.7. The van der Waals surface area contributed by atoms with Crippen molar-refractivity contribution in [2.24, 2.45) is 0 Å². The van der Waals surface area contributed by atoms with Crippen molar-refractivity contribution in [3.05, 3.63) is 58.8 Å². The van der Waals surface area contributed by atoms with E-state index in [0.717, 1.165) is 11.2 Å². The van der Waals surface area contributed by atoms with Gasteiger partial charge < -0.3 is 0 Å². The maximum Gasteiger partial charge on any atom is 0.137 e. The van der Waals surface area contributed by atoms with E-state index in [-0.39, 0.29) is 16.2 Å². The van der Waals surface area contributed by atoms with Gasteiger partial charge >= 0.3 is 0 Å². The first-order valence-corrected chi connectivity index (χ1v) is 12.0. The highest BCUT2D eigenvalue weighted by Gasteiger charge is 2.26. The Bertz CT molecular complexity index is 1330. The van der Waals surface area contributed by atoms with Crippen molar-refractivity contribution in [2.75, 3.05) is 0 Å². The van der Waals surface area contributed by atoms with Crippen LogP contribution in [0.1, 0.15) is 104 Å². The first-order valence-electron chi connectivity index (χ1n) is 12.0. The second-order valence-corrected chi connectivity index (χ2v) is 12.9. The number of imidazole rings is 1. The smallest absolute Gasteiger partial charge is 0.137 e. The summed E-state index contributed by atoms with van der Waals surface area (Å²) in [5, 5.41) is 2.69. The van der Waals surface area contributed by atoms with Crippen molar-refractivity contribution in [1.82, 2.24) is 9.38 Å². The van der Waals surface area contributed by atoms with Gasteiger partial charge in [-0.25, -0.2) is 4.98 Å². The van der Waals surface area contributed by atoms with Crippen molar-refractivity contribution >= 4 is 27.5 Å². The molecule has 0 aliphatic carbocycles. The second-order valence-electron chi connectivity index (χ2n) is 12.9. The molecule has 0 fully saturated rings. The maximum absolute atomic E-state index is 5.19. The Kier molecular flexibility index (Phi) is 5.05. The summed E-state index contributed by atoms with van der Waals surface area (Å²) in [5.41, 5.74) is 9.13. The Labute approximate surface area is 194 Å². The van der Waals surface area contributed by atoms with E-state index >= 15 is 0 Å². The first-order chi connectivity index (χ1) is 14.6. The van der Waals surface area contributed by atoms with Gasteiger partial charge in [-0.3, -0.25) is 4.40 Å². The summed E-state index contributed by atoms with van der Waals surface area (Å²) in [4.78, 5) is 5.19. The van der Waals surface area contributed by atoms with E-state index in [4.69, 9.17) is 4.98 Å². The van der Waals surface area contributed by atoms with Crippen LogP contribution in [-0.2, 0) is 16.2 Å². The molecule has 0 aliphatic rings. The van der Waals surface area contributed by atoms with Crippen LogP contribution in [0.4, 0.5) is 0 Å². The Morgan fingerprint density at radius 3 is 1.91 bits per heavy atom. The minimum atomic E-state index is 0.0307. The molecule has 0 atom stereocenters. The van der Waals surface area contributed by atoms with Gasteiger partial charge in [0.15, 0.2) is 0 Å². The number of benzene rings is 2. The van der Waals surface area contributed by atoms with Gasteiger partial charge in [-0.05, 0) is 61.9 Å². The molecule has 0 saturated heterocycles. The van der Waals surface area contributed by atoms with Crippen LogP contribution in [0.15, 0.2) is 36.5 Å². The average Bonchev–Trinajstić information content (AvgIpc) is 3.01. The molecule has 4 rings (SSSR count). The Morgan fingerprint density at radius 1 is 0.750 bits per heavy atom. The second kappa shape index (κ2) is 7.07. The Hall–Kier alpha value is -2.35. The lowest BCUT2D eigenvalue weighted by atomic mass is 9.77. The van der Waals surface area contributed by atoms with Crippen LogP contribution in [0, 0.1) is 0 Å². The van der Waals surface area contributed by atoms with Crippen LogP contribution in [0.2, 0.25) is 0 Å².